The van der Waals surface area contributed by atoms with Crippen LogP contribution in [0.5, 0.6) is 0 Å². The lowest BCUT2D eigenvalue weighted by Crippen LogP contribution is -2.42. The molecule has 1 amide bonds. The monoisotopic (exact) mass is 349 g/mol. The van der Waals surface area contributed by atoms with Gasteiger partial charge in [-0.3, -0.25) is 9.69 Å². The summed E-state index contributed by atoms with van der Waals surface area (Å²) < 4.78 is 0. The molecule has 0 bridgehead atoms. The van der Waals surface area contributed by atoms with Crippen LogP contribution in [0.15, 0.2) is 48.5 Å². The first kappa shape index (κ1) is 19.7. The Bertz CT molecular complexity index is 782. The van der Waals surface area contributed by atoms with E-state index in [1.165, 1.54) is 0 Å². The van der Waals surface area contributed by atoms with Crippen LogP contribution in [0.2, 0.25) is 0 Å². The summed E-state index contributed by atoms with van der Waals surface area (Å²) in [6.07, 6.45) is 0. The zero-order valence-corrected chi connectivity index (χ0v) is 16.0. The number of nitriles is 1. The quantitative estimate of drug-likeness (QED) is 0.819. The van der Waals surface area contributed by atoms with Crippen molar-refractivity contribution >= 4 is 5.91 Å². The van der Waals surface area contributed by atoms with Gasteiger partial charge in [-0.2, -0.15) is 5.26 Å². The molecule has 2 aromatic carbocycles. The normalized spacial score (nSPS) is 11.0. The van der Waals surface area contributed by atoms with Gasteiger partial charge in [0, 0.05) is 36.3 Å². The number of benzene rings is 2. The molecule has 0 radical (unpaired) electrons. The smallest absolute Gasteiger partial charge is 0.251 e. The molecule has 26 heavy (non-hydrogen) atoms. The Morgan fingerprint density at radius 2 is 1.58 bits per heavy atom. The van der Waals surface area contributed by atoms with Gasteiger partial charge in [0.2, 0.25) is 0 Å². The molecule has 0 heterocycles. The highest BCUT2D eigenvalue weighted by molar-refractivity contribution is 6.01. The zero-order chi connectivity index (χ0) is 19.1. The van der Waals surface area contributed by atoms with Crippen LogP contribution in [-0.4, -0.2) is 36.0 Å². The molecule has 2 rings (SSSR count). The third-order valence-corrected chi connectivity index (χ3v) is 4.49. The lowest BCUT2D eigenvalue weighted by Gasteiger charge is -2.30. The van der Waals surface area contributed by atoms with Gasteiger partial charge in [0.1, 0.15) is 0 Å². The lowest BCUT2D eigenvalue weighted by atomic mass is 9.95. The minimum atomic E-state index is -0.110. The number of nitrogens with one attached hydrogen (secondary N) is 1. The number of nitrogens with zero attached hydrogens (tertiary/aromatic N) is 2. The molecule has 136 valence electrons. The van der Waals surface area contributed by atoms with Gasteiger partial charge in [0.15, 0.2) is 0 Å². The molecule has 0 aromatic heterocycles. The summed E-state index contributed by atoms with van der Waals surface area (Å²) in [5, 5.41) is 12.4. The van der Waals surface area contributed by atoms with Crippen LogP contribution in [-0.2, 0) is 0 Å². The summed E-state index contributed by atoms with van der Waals surface area (Å²) in [6, 6.07) is 17.9. The molecule has 0 saturated carbocycles. The molecule has 2 aromatic rings. The van der Waals surface area contributed by atoms with Crippen LogP contribution in [0.1, 0.15) is 43.6 Å². The van der Waals surface area contributed by atoms with E-state index in [2.05, 4.69) is 44.0 Å². The number of hydrogen-bond acceptors (Lipinski definition) is 3. The van der Waals surface area contributed by atoms with E-state index in [0.29, 0.717) is 29.8 Å². The molecule has 4 heteroatoms. The Hall–Kier alpha value is -2.64. The Balaban J connectivity index is 2.17. The maximum Gasteiger partial charge on any atom is 0.251 e. The number of carbonyl (C=O) groups excluding carboxylic acids is 1. The zero-order valence-electron chi connectivity index (χ0n) is 16.0. The second-order valence-corrected chi connectivity index (χ2v) is 6.88. The van der Waals surface area contributed by atoms with E-state index in [9.17, 15) is 10.1 Å². The van der Waals surface area contributed by atoms with Crippen molar-refractivity contribution < 1.29 is 4.79 Å². The van der Waals surface area contributed by atoms with Gasteiger partial charge >= 0.3 is 0 Å². The number of amides is 1. The molecular weight excluding hydrogens is 322 g/mol. The minimum absolute atomic E-state index is 0.110. The van der Waals surface area contributed by atoms with Crippen molar-refractivity contribution in [1.82, 2.24) is 10.2 Å². The van der Waals surface area contributed by atoms with Crippen molar-refractivity contribution in [2.75, 3.05) is 13.1 Å². The fraction of sp³-hybridized carbons (Fsp3) is 0.364. The van der Waals surface area contributed by atoms with E-state index in [0.717, 1.165) is 17.7 Å². The van der Waals surface area contributed by atoms with E-state index >= 15 is 0 Å². The molecular formula is C22H27N3O. The number of carbonyl (C=O) groups is 1. The van der Waals surface area contributed by atoms with Crippen LogP contribution in [0.3, 0.4) is 0 Å². The maximum absolute atomic E-state index is 12.7. The maximum atomic E-state index is 12.7. The van der Waals surface area contributed by atoms with Crippen molar-refractivity contribution in [3.63, 3.8) is 0 Å². The average molecular weight is 349 g/mol. The second-order valence-electron chi connectivity index (χ2n) is 6.88. The molecule has 0 unspecified atom stereocenters. The Labute approximate surface area is 156 Å². The summed E-state index contributed by atoms with van der Waals surface area (Å²) in [4.78, 5) is 15.1. The summed E-state index contributed by atoms with van der Waals surface area (Å²) in [6.45, 7) is 10.0. The first-order valence-corrected chi connectivity index (χ1v) is 9.08. The first-order chi connectivity index (χ1) is 12.5. The highest BCUT2D eigenvalue weighted by atomic mass is 16.1. The van der Waals surface area contributed by atoms with E-state index < -0.39 is 0 Å². The van der Waals surface area contributed by atoms with Crippen LogP contribution in [0.25, 0.3) is 11.1 Å². The van der Waals surface area contributed by atoms with Crippen LogP contribution in [0, 0.1) is 11.3 Å². The second kappa shape index (κ2) is 9.17. The predicted octanol–water partition coefficient (Wildman–Crippen LogP) is 4.07. The standard InChI is InChI=1S/C22H27N3O/c1-16(2)25(17(3)4)14-13-24-22(26)21-12-8-7-11-20(21)19-10-6-5-9-18(19)15-23/h5-12,16-17H,13-14H2,1-4H3,(H,24,26). The van der Waals surface area contributed by atoms with Crippen LogP contribution in [0.4, 0.5) is 0 Å². The fourth-order valence-electron chi connectivity index (χ4n) is 3.24. The summed E-state index contributed by atoms with van der Waals surface area (Å²) in [5.41, 5.74) is 2.73. The van der Waals surface area contributed by atoms with Crippen molar-refractivity contribution in [1.29, 1.82) is 5.26 Å². The minimum Gasteiger partial charge on any atom is -0.351 e. The molecule has 0 spiro atoms. The number of rotatable bonds is 7. The summed E-state index contributed by atoms with van der Waals surface area (Å²) in [5.74, 6) is -0.110. The van der Waals surface area contributed by atoms with Gasteiger partial charge in [-0.05, 0) is 45.4 Å². The largest absolute Gasteiger partial charge is 0.351 e. The number of hydrogen-bond donors (Lipinski definition) is 1. The fourth-order valence-corrected chi connectivity index (χ4v) is 3.24. The molecule has 1 N–H and O–H groups in total. The first-order valence-electron chi connectivity index (χ1n) is 9.08. The van der Waals surface area contributed by atoms with Gasteiger partial charge in [0.05, 0.1) is 11.6 Å². The van der Waals surface area contributed by atoms with Gasteiger partial charge in [-0.25, -0.2) is 0 Å². The van der Waals surface area contributed by atoms with E-state index in [-0.39, 0.29) is 5.91 Å². The van der Waals surface area contributed by atoms with E-state index in [1.807, 2.05) is 42.5 Å². The predicted molar refractivity (Wildman–Crippen MR) is 106 cm³/mol. The van der Waals surface area contributed by atoms with Gasteiger partial charge < -0.3 is 5.32 Å². The molecule has 0 aliphatic heterocycles. The average Bonchev–Trinajstić information content (AvgIpc) is 2.64. The Kier molecular flexibility index (Phi) is 6.94. The van der Waals surface area contributed by atoms with Crippen LogP contribution < -0.4 is 5.32 Å². The van der Waals surface area contributed by atoms with E-state index in [4.69, 9.17) is 0 Å². The molecule has 0 atom stereocenters. The van der Waals surface area contributed by atoms with Gasteiger partial charge in [0.25, 0.3) is 5.91 Å². The molecule has 0 aliphatic carbocycles. The summed E-state index contributed by atoms with van der Waals surface area (Å²) >= 11 is 0. The SMILES string of the molecule is CC(C)N(CCNC(=O)c1ccccc1-c1ccccc1C#N)C(C)C. The Morgan fingerprint density at radius 1 is 1.00 bits per heavy atom. The highest BCUT2D eigenvalue weighted by Gasteiger charge is 2.16. The third kappa shape index (κ3) is 4.71. The van der Waals surface area contributed by atoms with Gasteiger partial charge in [-0.1, -0.05) is 36.4 Å². The van der Waals surface area contributed by atoms with Crippen molar-refractivity contribution in [2.45, 2.75) is 39.8 Å². The highest BCUT2D eigenvalue weighted by Crippen LogP contribution is 2.26. The Morgan fingerprint density at radius 3 is 2.19 bits per heavy atom. The van der Waals surface area contributed by atoms with Crippen LogP contribution >= 0.6 is 0 Å². The lowest BCUT2D eigenvalue weighted by molar-refractivity contribution is 0.0940. The van der Waals surface area contributed by atoms with Crippen molar-refractivity contribution in [2.24, 2.45) is 0 Å². The topological polar surface area (TPSA) is 56.1 Å². The molecule has 0 fully saturated rings. The van der Waals surface area contributed by atoms with E-state index in [1.54, 1.807) is 6.07 Å². The third-order valence-electron chi connectivity index (χ3n) is 4.49. The molecule has 0 saturated heterocycles. The molecule has 4 nitrogen and oxygen atoms in total. The molecule has 0 aliphatic rings. The summed E-state index contributed by atoms with van der Waals surface area (Å²) in [7, 11) is 0. The van der Waals surface area contributed by atoms with Gasteiger partial charge in [-0.15, -0.1) is 0 Å². The van der Waals surface area contributed by atoms with Crippen molar-refractivity contribution in [3.8, 4) is 17.2 Å². The van der Waals surface area contributed by atoms with Crippen molar-refractivity contribution in [3.05, 3.63) is 59.7 Å².